The van der Waals surface area contributed by atoms with Gasteiger partial charge in [-0.3, -0.25) is 0 Å². The lowest BCUT2D eigenvalue weighted by atomic mass is 9.59. The van der Waals surface area contributed by atoms with E-state index in [1.807, 2.05) is 105 Å². The fourth-order valence-corrected chi connectivity index (χ4v) is 6.44. The summed E-state index contributed by atoms with van der Waals surface area (Å²) in [6.07, 6.45) is -2.03. The summed E-state index contributed by atoms with van der Waals surface area (Å²) in [5.74, 6) is -0.457. The van der Waals surface area contributed by atoms with Crippen molar-refractivity contribution >= 4 is 11.9 Å². The second kappa shape index (κ2) is 11.8. The lowest BCUT2D eigenvalue weighted by molar-refractivity contribution is -0.142. The molecule has 0 radical (unpaired) electrons. The van der Waals surface area contributed by atoms with E-state index in [-0.39, 0.29) is 0 Å². The maximum Gasteiger partial charge on any atom is 0.338 e. The normalized spacial score (nSPS) is 22.3. The third-order valence-corrected chi connectivity index (χ3v) is 8.67. The molecule has 5 heteroatoms. The van der Waals surface area contributed by atoms with Crippen molar-refractivity contribution in [3.05, 3.63) is 173 Å². The largest absolute Gasteiger partial charge is 0.479 e. The van der Waals surface area contributed by atoms with Crippen LogP contribution in [0.15, 0.2) is 140 Å². The van der Waals surface area contributed by atoms with Crippen molar-refractivity contribution in [1.29, 1.82) is 0 Å². The van der Waals surface area contributed by atoms with E-state index >= 15 is 0 Å². The van der Waals surface area contributed by atoms with Crippen LogP contribution in [0.3, 0.4) is 0 Å². The minimum atomic E-state index is -1.24. The van der Waals surface area contributed by atoms with Gasteiger partial charge in [-0.15, -0.1) is 0 Å². The number of hydrogen-bond donors (Lipinski definition) is 0. The van der Waals surface area contributed by atoms with Gasteiger partial charge >= 0.3 is 11.9 Å². The Labute approximate surface area is 258 Å². The molecule has 44 heavy (non-hydrogen) atoms. The number of carbonyl (C=O) groups is 2. The molecule has 0 aromatic heterocycles. The molecule has 220 valence electrons. The molecule has 0 N–H and O–H groups in total. The summed E-state index contributed by atoms with van der Waals surface area (Å²) < 4.78 is 19.9. The van der Waals surface area contributed by atoms with E-state index in [1.165, 1.54) is 0 Å². The van der Waals surface area contributed by atoms with Crippen LogP contribution in [0.1, 0.15) is 56.8 Å². The maximum atomic E-state index is 13.9. The highest BCUT2D eigenvalue weighted by Gasteiger charge is 2.61. The van der Waals surface area contributed by atoms with Gasteiger partial charge in [-0.25, -0.2) is 9.59 Å². The summed E-state index contributed by atoms with van der Waals surface area (Å²) in [6, 6.07) is 43.2. The molecule has 0 aliphatic heterocycles. The molecule has 0 heterocycles. The molecule has 1 aliphatic rings. The van der Waals surface area contributed by atoms with E-state index in [1.54, 1.807) is 48.5 Å². The van der Waals surface area contributed by atoms with Crippen LogP contribution in [-0.4, -0.2) is 24.1 Å². The molecule has 5 aromatic rings. The van der Waals surface area contributed by atoms with E-state index in [4.69, 9.17) is 14.2 Å². The van der Waals surface area contributed by atoms with Crippen LogP contribution in [0.25, 0.3) is 0 Å². The zero-order valence-corrected chi connectivity index (χ0v) is 25.0. The van der Waals surface area contributed by atoms with Crippen LogP contribution in [0.4, 0.5) is 0 Å². The number of carbonyl (C=O) groups excluding carboxylic acids is 2. The average Bonchev–Trinajstić information content (AvgIpc) is 3.06. The van der Waals surface area contributed by atoms with Gasteiger partial charge in [-0.2, -0.15) is 0 Å². The van der Waals surface area contributed by atoms with Gasteiger partial charge in [0, 0.05) is 5.56 Å². The van der Waals surface area contributed by atoms with E-state index in [0.717, 1.165) is 22.3 Å². The predicted octanol–water partition coefficient (Wildman–Crippen LogP) is 8.06. The summed E-state index contributed by atoms with van der Waals surface area (Å²) in [6.45, 7) is 6.00. The predicted molar refractivity (Wildman–Crippen MR) is 170 cm³/mol. The average molecular weight is 583 g/mol. The van der Waals surface area contributed by atoms with Gasteiger partial charge in [-0.05, 0) is 73.9 Å². The number of benzene rings is 5. The van der Waals surface area contributed by atoms with Crippen molar-refractivity contribution in [1.82, 2.24) is 0 Å². The second-order valence-electron chi connectivity index (χ2n) is 11.5. The summed E-state index contributed by atoms with van der Waals surface area (Å²) in [5, 5.41) is 0. The van der Waals surface area contributed by atoms with Gasteiger partial charge in [0.25, 0.3) is 0 Å². The zero-order valence-electron chi connectivity index (χ0n) is 25.0. The zero-order chi connectivity index (χ0) is 30.7. The van der Waals surface area contributed by atoms with Crippen LogP contribution in [0.5, 0.6) is 5.75 Å². The van der Waals surface area contributed by atoms with Crippen LogP contribution in [0.2, 0.25) is 0 Å². The van der Waals surface area contributed by atoms with Crippen molar-refractivity contribution in [2.75, 3.05) is 0 Å². The van der Waals surface area contributed by atoms with Gasteiger partial charge in [0.2, 0.25) is 0 Å². The van der Waals surface area contributed by atoms with Crippen LogP contribution >= 0.6 is 0 Å². The minimum absolute atomic E-state index is 0.388. The molecular formula is C39H34O5. The highest BCUT2D eigenvalue weighted by Crippen LogP contribution is 2.53. The minimum Gasteiger partial charge on any atom is -0.479 e. The lowest BCUT2D eigenvalue weighted by Crippen LogP contribution is -2.63. The first kappa shape index (κ1) is 28.9. The number of aryl methyl sites for hydroxylation is 1. The van der Waals surface area contributed by atoms with Crippen molar-refractivity contribution in [3.63, 3.8) is 0 Å². The number of para-hydroxylation sites is 1. The first-order valence-corrected chi connectivity index (χ1v) is 14.7. The molecule has 0 bridgehead atoms. The Morgan fingerprint density at radius 3 is 1.50 bits per heavy atom. The van der Waals surface area contributed by atoms with Crippen molar-refractivity contribution in [2.24, 2.45) is 0 Å². The van der Waals surface area contributed by atoms with Gasteiger partial charge in [0.1, 0.15) is 5.75 Å². The number of rotatable bonds is 7. The molecular weight excluding hydrogens is 548 g/mol. The first-order valence-electron chi connectivity index (χ1n) is 14.7. The van der Waals surface area contributed by atoms with Crippen LogP contribution in [-0.2, 0) is 20.5 Å². The lowest BCUT2D eigenvalue weighted by Gasteiger charge is -2.53. The molecule has 6 rings (SSSR count). The van der Waals surface area contributed by atoms with Crippen molar-refractivity contribution in [3.8, 4) is 5.75 Å². The first-order chi connectivity index (χ1) is 21.3. The summed E-state index contributed by atoms with van der Waals surface area (Å²) in [4.78, 5) is 27.8. The Hall–Kier alpha value is -5.16. The standard InChI is InChI=1S/C39H34O5/c1-27-17-13-14-24-31(27)38(2)32-25-15-16-26-33(32)39(3,44-30-22-11-6-12-23-30)35(43-37(41)29-20-9-5-10-21-29)34(38)42-36(40)28-18-7-4-8-19-28/h4-26,34-35H,1-3H3/t34?,35?,38-,39-/m1/s1. The molecule has 0 saturated heterocycles. The van der Waals surface area contributed by atoms with Gasteiger partial charge < -0.3 is 14.2 Å². The topological polar surface area (TPSA) is 61.8 Å². The fraction of sp³-hybridized carbons (Fsp3) is 0.179. The monoisotopic (exact) mass is 582 g/mol. The molecule has 2 unspecified atom stereocenters. The Balaban J connectivity index is 1.61. The van der Waals surface area contributed by atoms with Crippen LogP contribution in [0, 0.1) is 6.92 Å². The SMILES string of the molecule is Cc1ccccc1[C@]1(C)c2ccccc2[C@@](C)(Oc2ccccc2)C(OC(=O)c2ccccc2)C1OC(=O)c1ccccc1. The molecule has 0 fully saturated rings. The second-order valence-corrected chi connectivity index (χ2v) is 11.5. The Morgan fingerprint density at radius 2 is 0.955 bits per heavy atom. The third kappa shape index (κ3) is 5.15. The van der Waals surface area contributed by atoms with Crippen LogP contribution < -0.4 is 4.74 Å². The molecule has 4 atom stereocenters. The Morgan fingerprint density at radius 1 is 0.523 bits per heavy atom. The molecule has 1 aliphatic carbocycles. The van der Waals surface area contributed by atoms with Gasteiger partial charge in [-0.1, -0.05) is 103 Å². The molecule has 0 spiro atoms. The van der Waals surface area contributed by atoms with Crippen molar-refractivity contribution in [2.45, 2.75) is 44.0 Å². The van der Waals surface area contributed by atoms with E-state index in [9.17, 15) is 9.59 Å². The summed E-state index contributed by atoms with van der Waals surface area (Å²) >= 11 is 0. The molecule has 5 nitrogen and oxygen atoms in total. The highest BCUT2D eigenvalue weighted by atomic mass is 16.6. The smallest absolute Gasteiger partial charge is 0.338 e. The van der Waals surface area contributed by atoms with Gasteiger partial charge in [0.05, 0.1) is 16.5 Å². The molecule has 5 aromatic carbocycles. The van der Waals surface area contributed by atoms with E-state index < -0.39 is 35.2 Å². The maximum absolute atomic E-state index is 13.9. The van der Waals surface area contributed by atoms with Gasteiger partial charge in [0.15, 0.2) is 17.8 Å². The Bertz CT molecular complexity index is 1770. The number of hydrogen-bond acceptors (Lipinski definition) is 5. The summed E-state index contributed by atoms with van der Waals surface area (Å²) in [7, 11) is 0. The van der Waals surface area contributed by atoms with Crippen molar-refractivity contribution < 1.29 is 23.8 Å². The van der Waals surface area contributed by atoms with E-state index in [2.05, 4.69) is 6.92 Å². The third-order valence-electron chi connectivity index (χ3n) is 8.67. The Kier molecular flexibility index (Phi) is 7.79. The fourth-order valence-electron chi connectivity index (χ4n) is 6.44. The molecule has 0 saturated carbocycles. The van der Waals surface area contributed by atoms with E-state index in [0.29, 0.717) is 16.9 Å². The quantitative estimate of drug-likeness (QED) is 0.182. The number of fused-ring (bicyclic) bond motifs is 1. The summed E-state index contributed by atoms with van der Waals surface area (Å²) in [5.41, 5.74) is 2.36. The highest BCUT2D eigenvalue weighted by molar-refractivity contribution is 5.90. The number of ether oxygens (including phenoxy) is 3. The molecule has 0 amide bonds. The number of esters is 2.